The van der Waals surface area contributed by atoms with Crippen molar-refractivity contribution in [2.75, 3.05) is 0 Å². The van der Waals surface area contributed by atoms with Crippen molar-refractivity contribution in [3.8, 4) is 5.69 Å². The molecule has 3 aromatic rings. The van der Waals surface area contributed by atoms with Gasteiger partial charge in [-0.1, -0.05) is 44.5 Å². The second kappa shape index (κ2) is 8.26. The zero-order valence-corrected chi connectivity index (χ0v) is 18.2. The quantitative estimate of drug-likeness (QED) is 0.430. The lowest BCUT2D eigenvalue weighted by molar-refractivity contribution is 0.0955. The summed E-state index contributed by atoms with van der Waals surface area (Å²) < 4.78 is 2.19. The van der Waals surface area contributed by atoms with Gasteiger partial charge >= 0.3 is 0 Å². The number of aromatic nitrogens is 1. The summed E-state index contributed by atoms with van der Waals surface area (Å²) >= 11 is 5.85. The lowest BCUT2D eigenvalue weighted by Gasteiger charge is -2.20. The van der Waals surface area contributed by atoms with Crippen LogP contribution < -0.4 is 5.43 Å². The van der Waals surface area contributed by atoms with E-state index in [-0.39, 0.29) is 11.3 Å². The monoisotopic (exact) mass is 407 g/mol. The molecule has 5 heteroatoms. The molecule has 1 amide bonds. The lowest BCUT2D eigenvalue weighted by atomic mass is 9.87. The van der Waals surface area contributed by atoms with Crippen LogP contribution in [0.15, 0.2) is 59.7 Å². The fourth-order valence-electron chi connectivity index (χ4n) is 3.25. The first-order chi connectivity index (χ1) is 13.7. The minimum Gasteiger partial charge on any atom is -0.318 e. The number of carbonyl (C=O) groups excluding carboxylic acids is 1. The van der Waals surface area contributed by atoms with Gasteiger partial charge in [-0.15, -0.1) is 0 Å². The minimum absolute atomic E-state index is 0.124. The summed E-state index contributed by atoms with van der Waals surface area (Å²) in [7, 11) is 0. The van der Waals surface area contributed by atoms with Crippen LogP contribution in [0.2, 0.25) is 5.02 Å². The van der Waals surface area contributed by atoms with Crippen molar-refractivity contribution in [3.63, 3.8) is 0 Å². The van der Waals surface area contributed by atoms with Crippen LogP contribution in [0.4, 0.5) is 0 Å². The van der Waals surface area contributed by atoms with Gasteiger partial charge in [0.15, 0.2) is 0 Å². The molecule has 150 valence electrons. The first kappa shape index (κ1) is 20.9. The van der Waals surface area contributed by atoms with Crippen LogP contribution in [0.25, 0.3) is 5.69 Å². The molecule has 0 unspecified atom stereocenters. The van der Waals surface area contributed by atoms with E-state index in [1.54, 1.807) is 30.5 Å². The zero-order chi connectivity index (χ0) is 21.2. The Morgan fingerprint density at radius 3 is 2.24 bits per heavy atom. The standard InChI is InChI=1S/C24H26ClN3O/c1-16-14-19(15-26-27-23(29)18-6-10-21(25)11-7-18)17(2)28(16)22-12-8-20(9-13-22)24(3,4)5/h6-15H,1-5H3,(H,27,29)/b26-15-. The number of hydrogen-bond donors (Lipinski definition) is 1. The topological polar surface area (TPSA) is 46.4 Å². The number of benzene rings is 2. The molecule has 0 aliphatic heterocycles. The Balaban J connectivity index is 1.78. The molecule has 1 N–H and O–H groups in total. The van der Waals surface area contributed by atoms with Crippen molar-refractivity contribution in [1.29, 1.82) is 0 Å². The molecule has 0 spiro atoms. The Morgan fingerprint density at radius 2 is 1.66 bits per heavy atom. The lowest BCUT2D eigenvalue weighted by Crippen LogP contribution is -2.17. The maximum absolute atomic E-state index is 12.2. The fraction of sp³-hybridized carbons (Fsp3) is 0.250. The maximum Gasteiger partial charge on any atom is 0.271 e. The Morgan fingerprint density at radius 1 is 1.03 bits per heavy atom. The van der Waals surface area contributed by atoms with Crippen LogP contribution in [0.5, 0.6) is 0 Å². The normalized spacial score (nSPS) is 11.8. The summed E-state index contributed by atoms with van der Waals surface area (Å²) in [6.07, 6.45) is 1.68. The average molecular weight is 408 g/mol. The van der Waals surface area contributed by atoms with Crippen molar-refractivity contribution in [2.45, 2.75) is 40.0 Å². The van der Waals surface area contributed by atoms with E-state index in [0.717, 1.165) is 22.6 Å². The molecule has 1 heterocycles. The number of halogens is 1. The van der Waals surface area contributed by atoms with E-state index in [9.17, 15) is 4.79 Å². The summed E-state index contributed by atoms with van der Waals surface area (Å²) in [6, 6.07) is 17.4. The molecule has 3 rings (SSSR count). The fourth-order valence-corrected chi connectivity index (χ4v) is 3.38. The van der Waals surface area contributed by atoms with E-state index >= 15 is 0 Å². The SMILES string of the molecule is Cc1cc(/C=N\NC(=O)c2ccc(Cl)cc2)c(C)n1-c1ccc(C(C)(C)C)cc1. The van der Waals surface area contributed by atoms with E-state index < -0.39 is 0 Å². The molecule has 0 saturated heterocycles. The molecule has 1 aromatic heterocycles. The van der Waals surface area contributed by atoms with Gasteiger partial charge in [0.05, 0.1) is 6.21 Å². The third-order valence-electron chi connectivity index (χ3n) is 4.94. The van der Waals surface area contributed by atoms with E-state index in [0.29, 0.717) is 10.6 Å². The summed E-state index contributed by atoms with van der Waals surface area (Å²) in [5.74, 6) is -0.274. The molecule has 0 bridgehead atoms. The first-order valence-corrected chi connectivity index (χ1v) is 9.93. The third kappa shape index (κ3) is 4.77. The number of amides is 1. The van der Waals surface area contributed by atoms with Crippen LogP contribution in [0, 0.1) is 13.8 Å². The van der Waals surface area contributed by atoms with Gasteiger partial charge in [0.1, 0.15) is 0 Å². The van der Waals surface area contributed by atoms with Crippen LogP contribution in [-0.2, 0) is 5.41 Å². The molecule has 2 aromatic carbocycles. The number of nitrogens with one attached hydrogen (secondary N) is 1. The van der Waals surface area contributed by atoms with E-state index in [1.165, 1.54) is 5.56 Å². The van der Waals surface area contributed by atoms with Crippen LogP contribution in [-0.4, -0.2) is 16.7 Å². The Hall–Kier alpha value is -2.85. The molecular weight excluding hydrogens is 382 g/mol. The van der Waals surface area contributed by atoms with Gasteiger partial charge < -0.3 is 4.57 Å². The van der Waals surface area contributed by atoms with Crippen molar-refractivity contribution in [1.82, 2.24) is 9.99 Å². The summed E-state index contributed by atoms with van der Waals surface area (Å²) in [5, 5.41) is 4.72. The van der Waals surface area contributed by atoms with E-state index in [4.69, 9.17) is 11.6 Å². The van der Waals surface area contributed by atoms with Crippen molar-refractivity contribution >= 4 is 23.7 Å². The summed E-state index contributed by atoms with van der Waals surface area (Å²) in [6.45, 7) is 10.7. The second-order valence-electron chi connectivity index (χ2n) is 8.16. The Kier molecular flexibility index (Phi) is 5.94. The number of hydrogen-bond acceptors (Lipinski definition) is 2. The zero-order valence-electron chi connectivity index (χ0n) is 17.5. The highest BCUT2D eigenvalue weighted by Gasteiger charge is 2.14. The molecule has 0 aliphatic carbocycles. The largest absolute Gasteiger partial charge is 0.318 e. The van der Waals surface area contributed by atoms with Gasteiger partial charge in [0.2, 0.25) is 0 Å². The predicted octanol–water partition coefficient (Wildman–Crippen LogP) is 5.81. The minimum atomic E-state index is -0.274. The van der Waals surface area contributed by atoms with E-state index in [2.05, 4.69) is 73.1 Å². The Labute approximate surface area is 177 Å². The highest BCUT2D eigenvalue weighted by Crippen LogP contribution is 2.25. The van der Waals surface area contributed by atoms with Crippen molar-refractivity contribution < 1.29 is 4.79 Å². The molecular formula is C24H26ClN3O. The van der Waals surface area contributed by atoms with Gasteiger partial charge in [-0.25, -0.2) is 5.43 Å². The molecule has 0 saturated carbocycles. The highest BCUT2D eigenvalue weighted by atomic mass is 35.5. The molecule has 0 radical (unpaired) electrons. The molecule has 0 aliphatic rings. The molecule has 0 atom stereocenters. The second-order valence-corrected chi connectivity index (χ2v) is 8.60. The third-order valence-corrected chi connectivity index (χ3v) is 5.19. The number of rotatable bonds is 4. The van der Waals surface area contributed by atoms with E-state index in [1.807, 2.05) is 6.92 Å². The molecule has 29 heavy (non-hydrogen) atoms. The summed E-state index contributed by atoms with van der Waals surface area (Å²) in [5.41, 5.74) is 8.74. The highest BCUT2D eigenvalue weighted by molar-refractivity contribution is 6.30. The van der Waals surface area contributed by atoms with Gasteiger partial charge in [0.25, 0.3) is 5.91 Å². The molecule has 4 nitrogen and oxygen atoms in total. The number of hydrazone groups is 1. The van der Waals surface area contributed by atoms with Crippen LogP contribution >= 0.6 is 11.6 Å². The molecule has 0 fully saturated rings. The van der Waals surface area contributed by atoms with Gasteiger partial charge in [-0.3, -0.25) is 4.79 Å². The van der Waals surface area contributed by atoms with Gasteiger partial charge in [0, 0.05) is 33.2 Å². The number of nitrogens with zero attached hydrogens (tertiary/aromatic N) is 2. The van der Waals surface area contributed by atoms with Crippen molar-refractivity contribution in [2.24, 2.45) is 5.10 Å². The first-order valence-electron chi connectivity index (χ1n) is 9.55. The van der Waals surface area contributed by atoms with Crippen LogP contribution in [0.3, 0.4) is 0 Å². The predicted molar refractivity (Wildman–Crippen MR) is 120 cm³/mol. The maximum atomic E-state index is 12.2. The number of aryl methyl sites for hydroxylation is 1. The van der Waals surface area contributed by atoms with Gasteiger partial charge in [-0.2, -0.15) is 5.10 Å². The number of carbonyl (C=O) groups is 1. The van der Waals surface area contributed by atoms with Gasteiger partial charge in [-0.05, 0) is 67.3 Å². The van der Waals surface area contributed by atoms with Crippen molar-refractivity contribution in [3.05, 3.63) is 87.7 Å². The Bertz CT molecular complexity index is 1040. The smallest absolute Gasteiger partial charge is 0.271 e. The average Bonchev–Trinajstić information content (AvgIpc) is 2.95. The van der Waals surface area contributed by atoms with Crippen LogP contribution in [0.1, 0.15) is 53.6 Å². The summed E-state index contributed by atoms with van der Waals surface area (Å²) in [4.78, 5) is 12.2.